The second kappa shape index (κ2) is 5.14. The maximum Gasteiger partial charge on any atom is 0.275 e. The second-order valence-electron chi connectivity index (χ2n) is 4.28. The van der Waals surface area contributed by atoms with Crippen LogP contribution in [-0.2, 0) is 6.61 Å². The predicted octanol–water partition coefficient (Wildman–Crippen LogP) is 2.08. The van der Waals surface area contributed by atoms with Crippen molar-refractivity contribution in [3.05, 3.63) is 33.9 Å². The Balaban J connectivity index is 2.27. The summed E-state index contributed by atoms with van der Waals surface area (Å²) in [5.74, 6) is 0. The van der Waals surface area contributed by atoms with E-state index >= 15 is 0 Å². The van der Waals surface area contributed by atoms with Crippen LogP contribution in [0.5, 0.6) is 0 Å². The van der Waals surface area contributed by atoms with Crippen LogP contribution in [0.25, 0.3) is 0 Å². The third-order valence-electron chi connectivity index (χ3n) is 3.15. The molecule has 5 nitrogen and oxygen atoms in total. The van der Waals surface area contributed by atoms with Gasteiger partial charge in [-0.05, 0) is 31.4 Å². The van der Waals surface area contributed by atoms with Gasteiger partial charge < -0.3 is 10.0 Å². The fourth-order valence-electron chi connectivity index (χ4n) is 2.23. The molecule has 1 aliphatic heterocycles. The molecule has 0 saturated carbocycles. The van der Waals surface area contributed by atoms with E-state index in [2.05, 4.69) is 4.90 Å². The zero-order valence-corrected chi connectivity index (χ0v) is 9.63. The summed E-state index contributed by atoms with van der Waals surface area (Å²) in [7, 11) is 0. The van der Waals surface area contributed by atoms with E-state index in [1.54, 1.807) is 12.1 Å². The molecule has 0 atom stereocenters. The van der Waals surface area contributed by atoms with Crippen molar-refractivity contribution in [3.8, 4) is 0 Å². The summed E-state index contributed by atoms with van der Waals surface area (Å²) in [4.78, 5) is 12.5. The van der Waals surface area contributed by atoms with Gasteiger partial charge in [0.2, 0.25) is 0 Å². The second-order valence-corrected chi connectivity index (χ2v) is 4.28. The number of piperidine rings is 1. The lowest BCUT2D eigenvalue weighted by Gasteiger charge is -2.29. The van der Waals surface area contributed by atoms with Crippen LogP contribution < -0.4 is 4.90 Å². The van der Waals surface area contributed by atoms with Gasteiger partial charge in [-0.2, -0.15) is 0 Å². The minimum absolute atomic E-state index is 0.00624. The summed E-state index contributed by atoms with van der Waals surface area (Å²) in [6.07, 6.45) is 3.56. The smallest absolute Gasteiger partial charge is 0.275 e. The largest absolute Gasteiger partial charge is 0.391 e. The SMILES string of the molecule is O=[N+]([O-])c1ccc(N2CCCCC2)cc1CO. The number of aliphatic hydroxyl groups is 1. The summed E-state index contributed by atoms with van der Waals surface area (Å²) >= 11 is 0. The molecule has 0 aliphatic carbocycles. The highest BCUT2D eigenvalue weighted by molar-refractivity contribution is 5.55. The first-order valence-electron chi connectivity index (χ1n) is 5.85. The number of benzene rings is 1. The Bertz CT molecular complexity index is 414. The van der Waals surface area contributed by atoms with E-state index in [-0.39, 0.29) is 12.3 Å². The third kappa shape index (κ3) is 2.55. The maximum atomic E-state index is 10.7. The molecule has 0 radical (unpaired) electrons. The molecule has 17 heavy (non-hydrogen) atoms. The van der Waals surface area contributed by atoms with E-state index in [4.69, 9.17) is 5.11 Å². The van der Waals surface area contributed by atoms with Gasteiger partial charge in [0.15, 0.2) is 0 Å². The molecular formula is C12H16N2O3. The maximum absolute atomic E-state index is 10.7. The molecule has 1 N–H and O–H groups in total. The standard InChI is InChI=1S/C12H16N2O3/c15-9-10-8-11(4-5-12(10)14(16)17)13-6-2-1-3-7-13/h4-5,8,15H,1-3,6-7,9H2. The third-order valence-corrected chi connectivity index (χ3v) is 3.15. The highest BCUT2D eigenvalue weighted by Gasteiger charge is 2.17. The molecule has 0 bridgehead atoms. The molecule has 5 heteroatoms. The van der Waals surface area contributed by atoms with E-state index in [9.17, 15) is 10.1 Å². The van der Waals surface area contributed by atoms with Gasteiger partial charge >= 0.3 is 0 Å². The number of nitro benzene ring substituents is 1. The van der Waals surface area contributed by atoms with Crippen LogP contribution in [0.4, 0.5) is 11.4 Å². The van der Waals surface area contributed by atoms with Crippen LogP contribution in [-0.4, -0.2) is 23.1 Å². The molecular weight excluding hydrogens is 220 g/mol. The van der Waals surface area contributed by atoms with Gasteiger partial charge in [-0.25, -0.2) is 0 Å². The Morgan fingerprint density at radius 1 is 1.29 bits per heavy atom. The molecule has 0 unspecified atom stereocenters. The van der Waals surface area contributed by atoms with Crippen molar-refractivity contribution >= 4 is 11.4 Å². The molecule has 1 saturated heterocycles. The highest BCUT2D eigenvalue weighted by Crippen LogP contribution is 2.26. The van der Waals surface area contributed by atoms with Gasteiger partial charge in [0.05, 0.1) is 17.1 Å². The molecule has 92 valence electrons. The molecule has 1 aromatic rings. The van der Waals surface area contributed by atoms with E-state index < -0.39 is 4.92 Å². The van der Waals surface area contributed by atoms with Crippen LogP contribution in [0, 0.1) is 10.1 Å². The van der Waals surface area contributed by atoms with Crippen molar-refractivity contribution in [1.82, 2.24) is 0 Å². The summed E-state index contributed by atoms with van der Waals surface area (Å²) in [5.41, 5.74) is 1.35. The number of anilines is 1. The van der Waals surface area contributed by atoms with Crippen LogP contribution in [0.2, 0.25) is 0 Å². The summed E-state index contributed by atoms with van der Waals surface area (Å²) in [6.45, 7) is 1.68. The minimum Gasteiger partial charge on any atom is -0.391 e. The van der Waals surface area contributed by atoms with Crippen LogP contribution >= 0.6 is 0 Å². The molecule has 1 aliphatic rings. The fourth-order valence-corrected chi connectivity index (χ4v) is 2.23. The molecule has 1 fully saturated rings. The lowest BCUT2D eigenvalue weighted by Crippen LogP contribution is -2.29. The first-order chi connectivity index (χ1) is 8.22. The predicted molar refractivity (Wildman–Crippen MR) is 65.1 cm³/mol. The van der Waals surface area contributed by atoms with Gasteiger partial charge in [-0.1, -0.05) is 0 Å². The lowest BCUT2D eigenvalue weighted by molar-refractivity contribution is -0.385. The summed E-state index contributed by atoms with van der Waals surface area (Å²) in [5, 5.41) is 19.9. The minimum atomic E-state index is -0.453. The molecule has 1 aromatic carbocycles. The van der Waals surface area contributed by atoms with Gasteiger partial charge in [0.1, 0.15) is 0 Å². The number of nitrogens with zero attached hydrogens (tertiary/aromatic N) is 2. The van der Waals surface area contributed by atoms with Crippen molar-refractivity contribution in [3.63, 3.8) is 0 Å². The van der Waals surface area contributed by atoms with Gasteiger partial charge in [0, 0.05) is 24.8 Å². The average molecular weight is 236 g/mol. The van der Waals surface area contributed by atoms with Gasteiger partial charge in [-0.3, -0.25) is 10.1 Å². The van der Waals surface area contributed by atoms with Crippen molar-refractivity contribution < 1.29 is 10.0 Å². The summed E-state index contributed by atoms with van der Waals surface area (Å²) < 4.78 is 0. The van der Waals surface area contributed by atoms with E-state index in [1.165, 1.54) is 12.5 Å². The Morgan fingerprint density at radius 3 is 2.59 bits per heavy atom. The Labute approximate surface area is 99.8 Å². The van der Waals surface area contributed by atoms with E-state index in [1.807, 2.05) is 0 Å². The molecule has 0 amide bonds. The van der Waals surface area contributed by atoms with Crippen molar-refractivity contribution in [2.75, 3.05) is 18.0 Å². The van der Waals surface area contributed by atoms with Crippen LogP contribution in [0.15, 0.2) is 18.2 Å². The fraction of sp³-hybridized carbons (Fsp3) is 0.500. The highest BCUT2D eigenvalue weighted by atomic mass is 16.6. The van der Waals surface area contributed by atoms with Gasteiger partial charge in [-0.15, -0.1) is 0 Å². The van der Waals surface area contributed by atoms with Gasteiger partial charge in [0.25, 0.3) is 5.69 Å². The van der Waals surface area contributed by atoms with E-state index in [0.29, 0.717) is 5.56 Å². The van der Waals surface area contributed by atoms with Crippen molar-refractivity contribution in [2.45, 2.75) is 25.9 Å². The number of hydrogen-bond acceptors (Lipinski definition) is 4. The Kier molecular flexibility index (Phi) is 3.58. The Morgan fingerprint density at radius 2 is 2.00 bits per heavy atom. The van der Waals surface area contributed by atoms with Crippen LogP contribution in [0.3, 0.4) is 0 Å². The number of rotatable bonds is 3. The van der Waals surface area contributed by atoms with Crippen molar-refractivity contribution in [1.29, 1.82) is 0 Å². The first-order valence-corrected chi connectivity index (χ1v) is 5.85. The monoisotopic (exact) mass is 236 g/mol. The molecule has 2 rings (SSSR count). The lowest BCUT2D eigenvalue weighted by atomic mass is 10.1. The van der Waals surface area contributed by atoms with Crippen molar-refractivity contribution in [2.24, 2.45) is 0 Å². The topological polar surface area (TPSA) is 66.6 Å². The Hall–Kier alpha value is -1.62. The molecule has 1 heterocycles. The molecule has 0 aromatic heterocycles. The number of aliphatic hydroxyl groups excluding tert-OH is 1. The number of hydrogen-bond donors (Lipinski definition) is 1. The first kappa shape index (κ1) is 11.9. The summed E-state index contributed by atoms with van der Waals surface area (Å²) in [6, 6.07) is 4.97. The zero-order valence-electron chi connectivity index (χ0n) is 9.63. The average Bonchev–Trinajstić information content (AvgIpc) is 2.39. The van der Waals surface area contributed by atoms with Crippen LogP contribution in [0.1, 0.15) is 24.8 Å². The zero-order chi connectivity index (χ0) is 12.3. The molecule has 0 spiro atoms. The quantitative estimate of drug-likeness (QED) is 0.644. The number of nitro groups is 1. The van der Waals surface area contributed by atoms with E-state index in [0.717, 1.165) is 31.6 Å². The normalized spacial score (nSPS) is 15.9.